The Morgan fingerprint density at radius 1 is 0.401 bits per heavy atom. The van der Waals surface area contributed by atoms with Crippen LogP contribution in [0.4, 0.5) is 86.6 Å². The van der Waals surface area contributed by atoms with E-state index in [-0.39, 0.29) is 175 Å². The molecule has 0 spiro atoms. The molecule has 6 N–H and O–H groups in total. The van der Waals surface area contributed by atoms with Crippen LogP contribution in [-0.2, 0) is 42.9 Å². The number of anilines is 8. The van der Waals surface area contributed by atoms with Gasteiger partial charge in [-0.25, -0.2) is 99.3 Å². The monoisotopic (exact) mass is 2040 g/mol. The lowest BCUT2D eigenvalue weighted by Crippen LogP contribution is -2.57. The molecule has 8 fully saturated rings. The van der Waals surface area contributed by atoms with Gasteiger partial charge in [-0.2, -0.15) is 0 Å². The highest BCUT2D eigenvalue weighted by molar-refractivity contribution is 5.97. The van der Waals surface area contributed by atoms with Crippen molar-refractivity contribution in [3.63, 3.8) is 0 Å². The third-order valence-electron chi connectivity index (χ3n) is 25.8. The second-order valence-corrected chi connectivity index (χ2v) is 35.3. The molecular weight excluding hydrogens is 1930 g/mol. The number of allylic oxidation sites excluding steroid dienone is 4. The molecule has 8 saturated heterocycles. The van der Waals surface area contributed by atoms with Crippen LogP contribution in [0.5, 0.6) is 40.2 Å². The van der Waals surface area contributed by atoms with Crippen molar-refractivity contribution < 1.29 is 116 Å². The number of morpholine rings is 1. The topological polar surface area (TPSA) is 412 Å². The summed E-state index contributed by atoms with van der Waals surface area (Å²) in [7, 11) is 10.8. The number of carbonyl (C=O) groups excluding carboxylic acids is 4. The predicted molar refractivity (Wildman–Crippen MR) is 529 cm³/mol. The van der Waals surface area contributed by atoms with Gasteiger partial charge in [0, 0.05) is 153 Å². The van der Waals surface area contributed by atoms with Crippen LogP contribution in [0.25, 0.3) is 88.6 Å². The number of ether oxygens (including phenoxy) is 12. The standard InChI is InChI=1S/C28H29F2N5O5.C26H25F4N5O4.C25H27F2N5O4.C23H24FN5O3/c1-4-16(36)5-15-12-39-13-20(15)33-28-31-9-14-6-19(23-24(29)21(37-2)8-22(38-3)25(23)30)32-27(26(14)34-28)35-10-17-7-18(11-35)40-17;1-4-15(36)5-14-9-39-10-17(14)33-25-31-8-13-6-16(20-21(27)18(37-2)7-19(38-3)22(20)28)32-24(23(13)34-25)35-11-26(29,30)12-35;1-5-15(33)7-14-11-36-12-17(14)31-25-29-10-13-8-16(30-24(28-6-2)23(13)32-25)20-21(26)18(34-3)9-19(35-4)22(20)27;1-4-15(30)8-14-11-32-12-18(14)28-23-26-10-13-9-17(27-22(25-2)21(13)29-23)16-6-5-7-19(31-3)20(16)24/h4,6,8-9,15,17-18,20H,1,5,7,10-13H2,2-3H3,(H,31,33,34);4,6-8,14,17H,1,5,9-12H2,2-3H3,(H,31,33,34);5,8-10,14,17H,1,6-7,11-12H2,2-4H3,(H,28,30)(H,29,31,32);4-7,9-10,14,18H,1,8,11-12H2,2-3H3,(H,25,27)(H,26,28,29)/t15-,17?,18?,20+;2*14-,17+;14-,18+/m0000/s1. The number of pyridine rings is 4. The minimum Gasteiger partial charge on any atom is -0.494 e. The van der Waals surface area contributed by atoms with Crippen molar-refractivity contribution in [3.05, 3.63) is 177 Å². The Morgan fingerprint density at radius 2 is 0.707 bits per heavy atom. The SMILES string of the molecule is C=CC(=O)C[C@H]1COC[C@H]1Nc1ncc2cc(-c3c(F)c(OC)cc(OC)c3F)nc(N3CC(F)(F)C3)c2n1.C=CC(=O)C[C@H]1COC[C@H]1Nc1ncc2cc(-c3c(F)c(OC)cc(OC)c3F)nc(N3CC4CC(C3)O4)c2n1.C=CC(=O)C[C@H]1COC[C@H]1Nc1ncc2cc(-c3c(F)c(OC)cc(OC)c3F)nc(NCC)c2n1.C=CC(=O)C[C@H]1COC[C@H]1Nc1ncc2cc(-c3cccc(OC)c3F)nc(NC)c2n1. The van der Waals surface area contributed by atoms with Crippen LogP contribution < -0.4 is 74.9 Å². The number of fused-ring (bicyclic) bond motifs is 6. The normalized spacial score (nSPS) is 19.8. The number of nitrogens with zero attached hydrogens (tertiary/aromatic N) is 14. The largest absolute Gasteiger partial charge is 0.494 e. The summed E-state index contributed by atoms with van der Waals surface area (Å²) in [6.45, 7) is 19.7. The zero-order chi connectivity index (χ0) is 104. The molecule has 147 heavy (non-hydrogen) atoms. The fraction of sp³-hybridized carbons (Fsp3) is 0.373. The number of benzene rings is 4. The van der Waals surface area contributed by atoms with Crippen LogP contribution in [0.15, 0.2) is 136 Å². The van der Waals surface area contributed by atoms with E-state index in [0.29, 0.717) is 176 Å². The quantitative estimate of drug-likeness (QED) is 0.0157. The summed E-state index contributed by atoms with van der Waals surface area (Å²) in [6.07, 6.45) is 13.7. The highest BCUT2D eigenvalue weighted by Crippen LogP contribution is 2.47. The van der Waals surface area contributed by atoms with Gasteiger partial charge >= 0.3 is 0 Å². The van der Waals surface area contributed by atoms with Crippen molar-refractivity contribution in [2.75, 3.05) is 184 Å². The lowest BCUT2D eigenvalue weighted by atomic mass is 9.97. The second kappa shape index (κ2) is 45.9. The van der Waals surface area contributed by atoms with Gasteiger partial charge in [0.15, 0.2) is 127 Å². The molecule has 0 radical (unpaired) electrons. The smallest absolute Gasteiger partial charge is 0.282 e. The van der Waals surface area contributed by atoms with Gasteiger partial charge in [-0.15, -0.1) is 0 Å². The summed E-state index contributed by atoms with van der Waals surface area (Å²) < 4.78 is 198. The molecule has 8 aliphatic heterocycles. The number of alkyl halides is 2. The lowest BCUT2D eigenvalue weighted by Gasteiger charge is -2.47. The van der Waals surface area contributed by atoms with Gasteiger partial charge in [-0.05, 0) is 67.6 Å². The Labute approximate surface area is 836 Å². The molecule has 45 heteroatoms. The van der Waals surface area contributed by atoms with E-state index in [1.165, 1.54) is 97.3 Å². The first kappa shape index (κ1) is 104. The molecule has 0 saturated carbocycles. The highest BCUT2D eigenvalue weighted by atomic mass is 19.3. The molecule has 8 aliphatic rings. The summed E-state index contributed by atoms with van der Waals surface area (Å²) in [6, 6.07) is 13.8. The Balaban J connectivity index is 0.000000141. The highest BCUT2D eigenvalue weighted by Gasteiger charge is 2.47. The van der Waals surface area contributed by atoms with Crippen LogP contribution in [-0.4, -0.2) is 268 Å². The number of rotatable bonds is 36. The number of methoxy groups -OCH3 is 7. The van der Waals surface area contributed by atoms with Crippen molar-refractivity contribution in [3.8, 4) is 85.3 Å². The van der Waals surface area contributed by atoms with E-state index in [1.54, 1.807) is 56.0 Å². The van der Waals surface area contributed by atoms with Crippen LogP contribution >= 0.6 is 0 Å². The van der Waals surface area contributed by atoms with E-state index in [0.717, 1.165) is 24.6 Å². The minimum atomic E-state index is -2.94. The van der Waals surface area contributed by atoms with E-state index < -0.39 is 65.3 Å². The lowest BCUT2D eigenvalue weighted by molar-refractivity contribution is -0.133. The Morgan fingerprint density at radius 3 is 1.03 bits per heavy atom. The van der Waals surface area contributed by atoms with Gasteiger partial charge in [0.2, 0.25) is 23.8 Å². The predicted octanol–water partition coefficient (Wildman–Crippen LogP) is 15.0. The van der Waals surface area contributed by atoms with E-state index in [9.17, 15) is 32.3 Å². The van der Waals surface area contributed by atoms with Gasteiger partial charge in [-0.3, -0.25) is 19.2 Å². The Hall–Kier alpha value is -15.4. The number of carbonyl (C=O) groups is 4. The maximum atomic E-state index is 15.4. The Bertz CT molecular complexity index is 6940. The molecule has 4 aromatic carbocycles. The van der Waals surface area contributed by atoms with Crippen LogP contribution in [0.2, 0.25) is 0 Å². The molecule has 0 aliphatic carbocycles. The number of piperidine rings is 1. The van der Waals surface area contributed by atoms with Gasteiger partial charge in [-0.1, -0.05) is 32.4 Å². The first-order valence-electron chi connectivity index (χ1n) is 46.7. The second-order valence-electron chi connectivity index (χ2n) is 35.3. The molecule has 12 aromatic rings. The zero-order valence-corrected chi connectivity index (χ0v) is 81.4. The van der Waals surface area contributed by atoms with Crippen molar-refractivity contribution in [2.24, 2.45) is 23.7 Å². The van der Waals surface area contributed by atoms with Crippen molar-refractivity contribution in [1.82, 2.24) is 59.8 Å². The van der Waals surface area contributed by atoms with Crippen molar-refractivity contribution >= 4 is 114 Å². The first-order valence-corrected chi connectivity index (χ1v) is 46.7. The zero-order valence-electron chi connectivity index (χ0n) is 81.4. The molecule has 20 rings (SSSR count). The fourth-order valence-electron chi connectivity index (χ4n) is 18.1. The summed E-state index contributed by atoms with van der Waals surface area (Å²) in [5, 5.41) is 21.2. The van der Waals surface area contributed by atoms with E-state index in [4.69, 9.17) is 66.8 Å². The third-order valence-corrected chi connectivity index (χ3v) is 25.8. The average Bonchev–Trinajstić information content (AvgIpc) is 1.48. The third kappa shape index (κ3) is 22.8. The number of ketones is 4. The minimum absolute atomic E-state index is 0.0140. The number of nitrogens with one attached hydrogen (secondary N) is 6. The maximum Gasteiger partial charge on any atom is 0.282 e. The van der Waals surface area contributed by atoms with Crippen LogP contribution in [0, 0.1) is 64.4 Å². The van der Waals surface area contributed by atoms with E-state index in [1.807, 2.05) is 11.8 Å². The summed E-state index contributed by atoms with van der Waals surface area (Å²) >= 11 is 0. The molecule has 10 atom stereocenters. The molecule has 2 unspecified atom stereocenters. The maximum absolute atomic E-state index is 15.4. The number of hydrogen-bond acceptors (Lipinski definition) is 36. The van der Waals surface area contributed by atoms with Gasteiger partial charge in [0.1, 0.15) is 22.1 Å². The Kier molecular flexibility index (Phi) is 32.7. The van der Waals surface area contributed by atoms with Gasteiger partial charge < -0.3 is 98.5 Å². The molecule has 772 valence electrons. The van der Waals surface area contributed by atoms with Crippen LogP contribution in [0.3, 0.4) is 0 Å². The summed E-state index contributed by atoms with van der Waals surface area (Å²) in [5.74, 6) is -8.06. The van der Waals surface area contributed by atoms with E-state index in [2.05, 4.69) is 108 Å². The van der Waals surface area contributed by atoms with E-state index >= 15 is 26.3 Å². The molecular formula is C102H105F9N20O16. The number of halogens is 9. The molecule has 36 nitrogen and oxygen atoms in total. The van der Waals surface area contributed by atoms with Crippen molar-refractivity contribution in [2.45, 2.75) is 81.3 Å². The summed E-state index contributed by atoms with van der Waals surface area (Å²) in [4.78, 5) is 105. The molecule has 0 amide bonds. The molecule has 8 aromatic heterocycles. The first-order chi connectivity index (χ1) is 70.9. The number of aromatic nitrogens is 12. The van der Waals surface area contributed by atoms with Crippen molar-refractivity contribution in [1.29, 1.82) is 0 Å². The average molecular weight is 2040 g/mol. The summed E-state index contributed by atoms with van der Waals surface area (Å²) in [5.41, 5.74) is 1.19. The van der Waals surface area contributed by atoms with Gasteiger partial charge in [0.25, 0.3) is 5.92 Å². The van der Waals surface area contributed by atoms with Crippen LogP contribution in [0.1, 0.15) is 39.0 Å². The van der Waals surface area contributed by atoms with Gasteiger partial charge in [0.05, 0.1) is 192 Å². The number of hydrogen-bond donors (Lipinski definition) is 6. The fourth-order valence-corrected chi connectivity index (χ4v) is 18.1. The molecule has 16 heterocycles. The molecule has 2 bridgehead atoms.